The van der Waals surface area contributed by atoms with Crippen LogP contribution < -0.4 is 5.32 Å². The molecule has 0 radical (unpaired) electrons. The number of fused-ring (bicyclic) bond motifs is 1. The number of imidazole rings is 1. The predicted molar refractivity (Wildman–Crippen MR) is 76.9 cm³/mol. The van der Waals surface area contributed by atoms with E-state index in [0.29, 0.717) is 6.10 Å². The summed E-state index contributed by atoms with van der Waals surface area (Å²) in [5.74, 6) is 0. The summed E-state index contributed by atoms with van der Waals surface area (Å²) in [6.45, 7) is 3.73. The summed E-state index contributed by atoms with van der Waals surface area (Å²) in [7, 11) is 0. The first-order chi connectivity index (χ1) is 9.31. The van der Waals surface area contributed by atoms with E-state index in [1.165, 1.54) is 25.7 Å². The van der Waals surface area contributed by atoms with Crippen LogP contribution in [-0.4, -0.2) is 33.9 Å². The highest BCUT2D eigenvalue weighted by molar-refractivity contribution is 7.20. The lowest BCUT2D eigenvalue weighted by molar-refractivity contribution is 0.0583. The van der Waals surface area contributed by atoms with E-state index >= 15 is 0 Å². The van der Waals surface area contributed by atoms with Crippen LogP contribution in [0.25, 0.3) is 4.96 Å². The van der Waals surface area contributed by atoms with Gasteiger partial charge < -0.3 is 10.1 Å². The van der Waals surface area contributed by atoms with Crippen molar-refractivity contribution in [2.75, 3.05) is 18.5 Å². The van der Waals surface area contributed by atoms with Crippen molar-refractivity contribution in [1.29, 1.82) is 0 Å². The third-order valence-corrected chi connectivity index (χ3v) is 4.30. The lowest BCUT2D eigenvalue weighted by Gasteiger charge is -2.10. The number of nitrogens with one attached hydrogen (secondary N) is 1. The Kier molecular flexibility index (Phi) is 3.98. The molecule has 19 heavy (non-hydrogen) atoms. The average Bonchev–Trinajstić information content (AvgIpc) is 3.04. The number of aromatic nitrogens is 3. The van der Waals surface area contributed by atoms with E-state index in [2.05, 4.69) is 15.4 Å². The average molecular weight is 280 g/mol. The van der Waals surface area contributed by atoms with Gasteiger partial charge >= 0.3 is 0 Å². The van der Waals surface area contributed by atoms with Crippen LogP contribution in [0.1, 0.15) is 37.8 Å². The van der Waals surface area contributed by atoms with Crippen LogP contribution in [0.4, 0.5) is 5.13 Å². The van der Waals surface area contributed by atoms with Gasteiger partial charge in [0.05, 0.1) is 18.0 Å². The third-order valence-electron chi connectivity index (χ3n) is 3.42. The lowest BCUT2D eigenvalue weighted by atomic mass is 10.3. The Morgan fingerprint density at radius 2 is 2.32 bits per heavy atom. The number of nitrogens with zero attached hydrogens (tertiary/aromatic N) is 3. The maximum Gasteiger partial charge on any atom is 0.214 e. The molecule has 2 heterocycles. The van der Waals surface area contributed by atoms with Crippen molar-refractivity contribution in [3.8, 4) is 0 Å². The molecule has 0 amide bonds. The lowest BCUT2D eigenvalue weighted by Crippen LogP contribution is -2.11. The number of ether oxygens (including phenoxy) is 1. The first-order valence-corrected chi connectivity index (χ1v) is 7.81. The minimum absolute atomic E-state index is 0.520. The van der Waals surface area contributed by atoms with Crippen molar-refractivity contribution in [1.82, 2.24) is 14.6 Å². The van der Waals surface area contributed by atoms with Crippen molar-refractivity contribution in [3.05, 3.63) is 11.9 Å². The number of anilines is 1. The molecule has 1 fully saturated rings. The van der Waals surface area contributed by atoms with Crippen LogP contribution in [-0.2, 0) is 4.74 Å². The van der Waals surface area contributed by atoms with Gasteiger partial charge in [0.15, 0.2) is 0 Å². The summed E-state index contributed by atoms with van der Waals surface area (Å²) in [6.07, 6.45) is 8.65. The third kappa shape index (κ3) is 3.25. The van der Waals surface area contributed by atoms with E-state index in [9.17, 15) is 0 Å². The fourth-order valence-corrected chi connectivity index (χ4v) is 3.31. The molecule has 2 aromatic heterocycles. The van der Waals surface area contributed by atoms with Crippen LogP contribution in [0.15, 0.2) is 6.20 Å². The molecule has 3 rings (SSSR count). The Hall–Kier alpha value is -1.14. The molecule has 1 aliphatic carbocycles. The first kappa shape index (κ1) is 12.9. The molecule has 6 heteroatoms. The van der Waals surface area contributed by atoms with Gasteiger partial charge in [0.2, 0.25) is 10.1 Å². The molecular formula is C13H20N4OS. The van der Waals surface area contributed by atoms with E-state index in [1.807, 2.05) is 17.6 Å². The Morgan fingerprint density at radius 1 is 1.47 bits per heavy atom. The van der Waals surface area contributed by atoms with Crippen LogP contribution in [0.5, 0.6) is 0 Å². The summed E-state index contributed by atoms with van der Waals surface area (Å²) < 4.78 is 7.66. The smallest absolute Gasteiger partial charge is 0.214 e. The van der Waals surface area contributed by atoms with Gasteiger partial charge in [0, 0.05) is 13.2 Å². The van der Waals surface area contributed by atoms with Gasteiger partial charge in [-0.3, -0.25) is 0 Å². The van der Waals surface area contributed by atoms with Gasteiger partial charge in [-0.15, -0.1) is 5.10 Å². The van der Waals surface area contributed by atoms with Crippen molar-refractivity contribution >= 4 is 21.4 Å². The number of aryl methyl sites for hydroxylation is 1. The fourth-order valence-electron chi connectivity index (χ4n) is 2.45. The molecule has 1 N–H and O–H groups in total. The zero-order valence-corrected chi connectivity index (χ0v) is 12.1. The Balaban J connectivity index is 1.38. The summed E-state index contributed by atoms with van der Waals surface area (Å²) in [4.78, 5) is 5.33. The van der Waals surface area contributed by atoms with Gasteiger partial charge in [-0.05, 0) is 26.2 Å². The quantitative estimate of drug-likeness (QED) is 0.827. The van der Waals surface area contributed by atoms with Gasteiger partial charge in [0.1, 0.15) is 0 Å². The first-order valence-electron chi connectivity index (χ1n) is 6.99. The fraction of sp³-hybridized carbons (Fsp3) is 0.692. The summed E-state index contributed by atoms with van der Waals surface area (Å²) in [6, 6.07) is 0. The maximum absolute atomic E-state index is 5.83. The van der Waals surface area contributed by atoms with Gasteiger partial charge in [-0.2, -0.15) is 0 Å². The van der Waals surface area contributed by atoms with E-state index in [0.717, 1.165) is 35.4 Å². The summed E-state index contributed by atoms with van der Waals surface area (Å²) in [5, 5.41) is 8.69. The molecule has 0 unspecified atom stereocenters. The normalized spacial score (nSPS) is 16.5. The zero-order chi connectivity index (χ0) is 13.1. The molecule has 2 aromatic rings. The second-order valence-corrected chi connectivity index (χ2v) is 6.03. The molecule has 1 saturated carbocycles. The molecule has 1 aliphatic rings. The molecule has 0 atom stereocenters. The van der Waals surface area contributed by atoms with Crippen LogP contribution in [0, 0.1) is 6.92 Å². The van der Waals surface area contributed by atoms with Gasteiger partial charge in [-0.1, -0.05) is 24.2 Å². The Labute approximate surface area is 117 Å². The molecule has 0 saturated heterocycles. The van der Waals surface area contributed by atoms with Crippen LogP contribution >= 0.6 is 11.3 Å². The predicted octanol–water partition coefficient (Wildman–Crippen LogP) is 2.86. The molecular weight excluding hydrogens is 260 g/mol. The van der Waals surface area contributed by atoms with Crippen LogP contribution in [0.2, 0.25) is 0 Å². The van der Waals surface area contributed by atoms with Crippen molar-refractivity contribution < 1.29 is 4.74 Å². The number of rotatable bonds is 6. The van der Waals surface area contributed by atoms with E-state index in [-0.39, 0.29) is 0 Å². The highest BCUT2D eigenvalue weighted by Crippen LogP contribution is 2.21. The highest BCUT2D eigenvalue weighted by Gasteiger charge is 2.14. The van der Waals surface area contributed by atoms with E-state index < -0.39 is 0 Å². The molecule has 5 nitrogen and oxygen atoms in total. The summed E-state index contributed by atoms with van der Waals surface area (Å²) >= 11 is 1.59. The Bertz CT molecular complexity index is 498. The van der Waals surface area contributed by atoms with Crippen molar-refractivity contribution in [3.63, 3.8) is 0 Å². The van der Waals surface area contributed by atoms with Crippen LogP contribution in [0.3, 0.4) is 0 Å². The van der Waals surface area contributed by atoms with E-state index in [1.54, 1.807) is 11.3 Å². The second-order valence-electron chi connectivity index (χ2n) is 5.07. The Morgan fingerprint density at radius 3 is 3.11 bits per heavy atom. The van der Waals surface area contributed by atoms with Gasteiger partial charge in [0.25, 0.3) is 0 Å². The SMILES string of the molecule is Cc1cn2nc(NCCCOC3CCCC3)sc2n1. The largest absolute Gasteiger partial charge is 0.378 e. The monoisotopic (exact) mass is 280 g/mol. The van der Waals surface area contributed by atoms with E-state index in [4.69, 9.17) is 4.74 Å². The number of hydrogen-bond donors (Lipinski definition) is 1. The van der Waals surface area contributed by atoms with Gasteiger partial charge in [-0.25, -0.2) is 9.50 Å². The second kappa shape index (κ2) is 5.88. The van der Waals surface area contributed by atoms with Crippen molar-refractivity contribution in [2.45, 2.75) is 45.1 Å². The molecule has 0 aromatic carbocycles. The number of hydrogen-bond acceptors (Lipinski definition) is 5. The topological polar surface area (TPSA) is 51.5 Å². The molecule has 0 bridgehead atoms. The molecule has 0 spiro atoms. The highest BCUT2D eigenvalue weighted by atomic mass is 32.1. The minimum Gasteiger partial charge on any atom is -0.378 e. The molecule has 0 aliphatic heterocycles. The standard InChI is InChI=1S/C13H20N4OS/c1-10-9-17-13(15-10)19-12(16-17)14-7-4-8-18-11-5-2-3-6-11/h9,11H,2-8H2,1H3,(H,14,16). The van der Waals surface area contributed by atoms with Crippen molar-refractivity contribution in [2.24, 2.45) is 0 Å². The summed E-state index contributed by atoms with van der Waals surface area (Å²) in [5.41, 5.74) is 1.01. The maximum atomic E-state index is 5.83. The zero-order valence-electron chi connectivity index (χ0n) is 11.3. The minimum atomic E-state index is 0.520. The molecule has 104 valence electrons.